The number of ether oxygens (including phenoxy) is 2. The van der Waals surface area contributed by atoms with Crippen molar-refractivity contribution in [1.82, 2.24) is 10.2 Å². The second-order valence-corrected chi connectivity index (χ2v) is 11.7. The van der Waals surface area contributed by atoms with Crippen molar-refractivity contribution in [2.45, 2.75) is 45.7 Å². The predicted molar refractivity (Wildman–Crippen MR) is 146 cm³/mol. The van der Waals surface area contributed by atoms with E-state index in [1.54, 1.807) is 30.0 Å². The summed E-state index contributed by atoms with van der Waals surface area (Å²) in [6.07, 6.45) is 2.28. The van der Waals surface area contributed by atoms with E-state index in [9.17, 15) is 18.0 Å². The zero-order chi connectivity index (χ0) is 27.0. The van der Waals surface area contributed by atoms with E-state index in [0.29, 0.717) is 36.9 Å². The van der Waals surface area contributed by atoms with E-state index in [0.717, 1.165) is 22.7 Å². The molecule has 0 bridgehead atoms. The number of nitrogens with one attached hydrogen (secondary N) is 1. The highest BCUT2D eigenvalue weighted by atomic mass is 79.9. The van der Waals surface area contributed by atoms with Crippen molar-refractivity contribution in [2.75, 3.05) is 36.9 Å². The molecule has 1 atom stereocenters. The summed E-state index contributed by atoms with van der Waals surface area (Å²) in [5.41, 5.74) is 1.32. The van der Waals surface area contributed by atoms with Crippen molar-refractivity contribution in [1.29, 1.82) is 0 Å². The largest absolute Gasteiger partial charge is 0.486 e. The first kappa shape index (κ1) is 28.8. The second-order valence-electron chi connectivity index (χ2n) is 8.89. The van der Waals surface area contributed by atoms with Crippen LogP contribution in [0.1, 0.15) is 38.7 Å². The highest BCUT2D eigenvalue weighted by Crippen LogP contribution is 2.34. The fourth-order valence-electron chi connectivity index (χ4n) is 4.00. The zero-order valence-electron chi connectivity index (χ0n) is 21.4. The second kappa shape index (κ2) is 13.1. The van der Waals surface area contributed by atoms with Gasteiger partial charge in [0, 0.05) is 36.6 Å². The number of fused-ring (bicyclic) bond motifs is 1. The maximum atomic E-state index is 13.3. The van der Waals surface area contributed by atoms with E-state index in [2.05, 4.69) is 21.2 Å². The van der Waals surface area contributed by atoms with Crippen molar-refractivity contribution in [2.24, 2.45) is 0 Å². The first-order valence-electron chi connectivity index (χ1n) is 12.3. The summed E-state index contributed by atoms with van der Waals surface area (Å²) in [6.45, 7) is 5.39. The summed E-state index contributed by atoms with van der Waals surface area (Å²) in [6, 6.07) is 11.9. The molecule has 2 amide bonds. The molecule has 0 spiro atoms. The Morgan fingerprint density at radius 1 is 1.11 bits per heavy atom. The Morgan fingerprint density at radius 2 is 1.84 bits per heavy atom. The monoisotopic (exact) mass is 595 g/mol. The average Bonchev–Trinajstić information content (AvgIpc) is 2.86. The Kier molecular flexibility index (Phi) is 10.2. The summed E-state index contributed by atoms with van der Waals surface area (Å²) >= 11 is 3.45. The van der Waals surface area contributed by atoms with Gasteiger partial charge in [0.15, 0.2) is 11.5 Å². The van der Waals surface area contributed by atoms with Crippen molar-refractivity contribution in [3.8, 4) is 11.5 Å². The molecule has 1 N–H and O–H groups in total. The summed E-state index contributed by atoms with van der Waals surface area (Å²) in [5, 5.41) is 2.85. The molecular weight excluding hydrogens is 562 g/mol. The predicted octanol–water partition coefficient (Wildman–Crippen LogP) is 3.71. The quantitative estimate of drug-likeness (QED) is 0.401. The van der Waals surface area contributed by atoms with Crippen LogP contribution >= 0.6 is 15.9 Å². The molecular formula is C26H34BrN3O6S. The van der Waals surface area contributed by atoms with E-state index in [4.69, 9.17) is 9.47 Å². The maximum absolute atomic E-state index is 13.3. The van der Waals surface area contributed by atoms with E-state index in [1.807, 2.05) is 31.2 Å². The van der Waals surface area contributed by atoms with Gasteiger partial charge in [-0.2, -0.15) is 0 Å². The number of sulfonamides is 1. The van der Waals surface area contributed by atoms with Gasteiger partial charge in [0.2, 0.25) is 21.8 Å². The molecule has 202 valence electrons. The molecule has 0 radical (unpaired) electrons. The van der Waals surface area contributed by atoms with E-state index in [1.165, 1.54) is 4.31 Å². The number of carbonyl (C=O) groups is 2. The van der Waals surface area contributed by atoms with Gasteiger partial charge in [0.25, 0.3) is 0 Å². The van der Waals surface area contributed by atoms with Gasteiger partial charge in [-0.05, 0) is 49.6 Å². The number of carbonyl (C=O) groups excluding carboxylic acids is 2. The number of rotatable bonds is 12. The normalized spacial score (nSPS) is 13.5. The van der Waals surface area contributed by atoms with Crippen LogP contribution in [0.2, 0.25) is 0 Å². The average molecular weight is 597 g/mol. The van der Waals surface area contributed by atoms with Crippen molar-refractivity contribution in [3.05, 3.63) is 52.5 Å². The number of anilines is 1. The number of hydrogen-bond acceptors (Lipinski definition) is 6. The van der Waals surface area contributed by atoms with Crippen molar-refractivity contribution in [3.63, 3.8) is 0 Å². The van der Waals surface area contributed by atoms with Crippen LogP contribution in [0.5, 0.6) is 11.5 Å². The lowest BCUT2D eigenvalue weighted by Crippen LogP contribution is -2.47. The molecule has 0 aromatic heterocycles. The van der Waals surface area contributed by atoms with Gasteiger partial charge < -0.3 is 19.7 Å². The molecule has 0 saturated carbocycles. The standard InChI is InChI=1S/C26H34BrN3O6S/c1-4-12-28-26(32)19(2)29(18-20-7-5-8-21(27)16-20)25(31)9-6-13-30(37(3,33)34)22-10-11-23-24(17-22)36-15-14-35-23/h5,7-8,10-11,16-17,19H,4,6,9,12-15,18H2,1-3H3,(H,28,32). The lowest BCUT2D eigenvalue weighted by Gasteiger charge is -2.29. The van der Waals surface area contributed by atoms with Crippen molar-refractivity contribution >= 4 is 43.5 Å². The Balaban J connectivity index is 1.73. The highest BCUT2D eigenvalue weighted by molar-refractivity contribution is 9.10. The van der Waals surface area contributed by atoms with Crippen LogP contribution in [0.3, 0.4) is 0 Å². The first-order valence-corrected chi connectivity index (χ1v) is 14.9. The van der Waals surface area contributed by atoms with Gasteiger partial charge in [-0.1, -0.05) is 35.0 Å². The van der Waals surface area contributed by atoms with Crippen LogP contribution in [0.4, 0.5) is 5.69 Å². The third kappa shape index (κ3) is 8.10. The Labute approximate surface area is 227 Å². The molecule has 2 aromatic rings. The minimum Gasteiger partial charge on any atom is -0.486 e. The van der Waals surface area contributed by atoms with Gasteiger partial charge in [-0.25, -0.2) is 8.42 Å². The molecule has 1 unspecified atom stereocenters. The molecule has 2 aromatic carbocycles. The number of hydrogen-bond donors (Lipinski definition) is 1. The molecule has 0 fully saturated rings. The van der Waals surface area contributed by atoms with Gasteiger partial charge in [0.05, 0.1) is 11.9 Å². The number of nitrogens with zero attached hydrogens (tertiary/aromatic N) is 2. The van der Waals surface area contributed by atoms with E-state index >= 15 is 0 Å². The van der Waals surface area contributed by atoms with Crippen LogP contribution in [-0.4, -0.2) is 63.7 Å². The Morgan fingerprint density at radius 3 is 2.51 bits per heavy atom. The molecule has 0 saturated heterocycles. The summed E-state index contributed by atoms with van der Waals surface area (Å²) < 4.78 is 38.4. The molecule has 1 aliphatic rings. The minimum atomic E-state index is -3.61. The summed E-state index contributed by atoms with van der Waals surface area (Å²) in [7, 11) is -3.61. The molecule has 0 aliphatic carbocycles. The Bertz CT molecular complexity index is 1210. The summed E-state index contributed by atoms with van der Waals surface area (Å²) in [4.78, 5) is 27.6. The SMILES string of the molecule is CCCNC(=O)C(C)N(Cc1cccc(Br)c1)C(=O)CCCN(c1ccc2c(c1)OCCO2)S(C)(=O)=O. The van der Waals surface area contributed by atoms with Gasteiger partial charge in [0.1, 0.15) is 19.3 Å². The molecule has 37 heavy (non-hydrogen) atoms. The lowest BCUT2D eigenvalue weighted by molar-refractivity contribution is -0.140. The molecule has 9 nitrogen and oxygen atoms in total. The number of halogens is 1. The fourth-order valence-corrected chi connectivity index (χ4v) is 5.41. The zero-order valence-corrected chi connectivity index (χ0v) is 23.8. The lowest BCUT2D eigenvalue weighted by atomic mass is 10.1. The van der Waals surface area contributed by atoms with Gasteiger partial charge in [-0.3, -0.25) is 13.9 Å². The highest BCUT2D eigenvalue weighted by Gasteiger charge is 2.27. The van der Waals surface area contributed by atoms with E-state index < -0.39 is 16.1 Å². The topological polar surface area (TPSA) is 105 Å². The van der Waals surface area contributed by atoms with E-state index in [-0.39, 0.29) is 37.7 Å². The van der Waals surface area contributed by atoms with Crippen LogP contribution < -0.4 is 19.1 Å². The first-order chi connectivity index (χ1) is 17.6. The summed E-state index contributed by atoms with van der Waals surface area (Å²) in [5.74, 6) is 0.603. The third-order valence-electron chi connectivity index (χ3n) is 5.92. The third-order valence-corrected chi connectivity index (χ3v) is 7.61. The van der Waals surface area contributed by atoms with Gasteiger partial charge in [-0.15, -0.1) is 0 Å². The van der Waals surface area contributed by atoms with Crippen LogP contribution in [-0.2, 0) is 26.2 Å². The number of amides is 2. The Hall–Kier alpha value is -2.79. The number of benzene rings is 2. The molecule has 11 heteroatoms. The van der Waals surface area contributed by atoms with Crippen LogP contribution in [0.15, 0.2) is 46.9 Å². The minimum absolute atomic E-state index is 0.0793. The van der Waals surface area contributed by atoms with Crippen molar-refractivity contribution < 1.29 is 27.5 Å². The molecule has 1 heterocycles. The fraction of sp³-hybridized carbons (Fsp3) is 0.462. The van der Waals surface area contributed by atoms with Crippen LogP contribution in [0, 0.1) is 0 Å². The smallest absolute Gasteiger partial charge is 0.242 e. The molecule has 3 rings (SSSR count). The van der Waals surface area contributed by atoms with Crippen LogP contribution in [0.25, 0.3) is 0 Å². The molecule has 1 aliphatic heterocycles. The maximum Gasteiger partial charge on any atom is 0.242 e. The van der Waals surface area contributed by atoms with Gasteiger partial charge >= 0.3 is 0 Å².